The molecule has 6 heteroatoms. The van der Waals surface area contributed by atoms with Crippen molar-refractivity contribution in [2.75, 3.05) is 20.3 Å². The number of thiophene rings is 1. The summed E-state index contributed by atoms with van der Waals surface area (Å²) in [4.78, 5) is 31.6. The molecule has 1 aliphatic rings. The van der Waals surface area contributed by atoms with Crippen molar-refractivity contribution in [3.63, 3.8) is 0 Å². The van der Waals surface area contributed by atoms with E-state index >= 15 is 0 Å². The second kappa shape index (κ2) is 11.8. The molecule has 0 radical (unpaired) electrons. The molecule has 1 aliphatic heterocycles. The molecule has 0 aliphatic carbocycles. The highest BCUT2D eigenvalue weighted by Gasteiger charge is 2.56. The topological polar surface area (TPSA) is 58.6 Å². The average molecular weight is 525 g/mol. The normalized spacial score (nSPS) is 18.7. The van der Waals surface area contributed by atoms with Gasteiger partial charge in [-0.2, -0.15) is 0 Å². The quantitative estimate of drug-likeness (QED) is 0.268. The number of hydrogen-bond donors (Lipinski definition) is 1. The Labute approximate surface area is 228 Å². The van der Waals surface area contributed by atoms with Crippen LogP contribution in [0.4, 0.5) is 0 Å². The Bertz CT molecular complexity index is 1360. The fourth-order valence-electron chi connectivity index (χ4n) is 5.54. The number of hydrogen-bond acceptors (Lipinski definition) is 4. The van der Waals surface area contributed by atoms with E-state index in [1.54, 1.807) is 18.4 Å². The van der Waals surface area contributed by atoms with Crippen LogP contribution < -0.4 is 5.32 Å². The molecular formula is C32H32N2O3S. The summed E-state index contributed by atoms with van der Waals surface area (Å²) in [5.74, 6) is -0.132. The Kier molecular flexibility index (Phi) is 8.01. The molecule has 3 aromatic carbocycles. The van der Waals surface area contributed by atoms with E-state index in [9.17, 15) is 9.59 Å². The predicted molar refractivity (Wildman–Crippen MR) is 151 cm³/mol. The molecule has 0 saturated carbocycles. The summed E-state index contributed by atoms with van der Waals surface area (Å²) < 4.78 is 5.22. The number of nitrogens with one attached hydrogen (secondary N) is 1. The predicted octanol–water partition coefficient (Wildman–Crippen LogP) is 5.78. The van der Waals surface area contributed by atoms with Gasteiger partial charge in [0.15, 0.2) is 0 Å². The fraction of sp³-hybridized carbons (Fsp3) is 0.250. The molecule has 2 heterocycles. The van der Waals surface area contributed by atoms with Gasteiger partial charge in [-0.1, -0.05) is 84.9 Å². The summed E-state index contributed by atoms with van der Waals surface area (Å²) in [5, 5.41) is 5.25. The number of carbonyl (C=O) groups excluding carboxylic acids is 2. The molecule has 1 aromatic heterocycles. The number of fused-ring (bicyclic) bond motifs is 1. The number of methoxy groups -OCH3 is 1. The summed E-state index contributed by atoms with van der Waals surface area (Å²) in [6.07, 6.45) is 1.17. The van der Waals surface area contributed by atoms with Gasteiger partial charge >= 0.3 is 0 Å². The second-order valence-electron chi connectivity index (χ2n) is 9.62. The van der Waals surface area contributed by atoms with Crippen molar-refractivity contribution in [2.24, 2.45) is 0 Å². The van der Waals surface area contributed by atoms with Crippen molar-refractivity contribution in [3.05, 3.63) is 130 Å². The molecule has 0 saturated heterocycles. The van der Waals surface area contributed by atoms with E-state index in [0.717, 1.165) is 21.6 Å². The molecular weight excluding hydrogens is 492 g/mol. The van der Waals surface area contributed by atoms with Crippen LogP contribution in [0, 0.1) is 0 Å². The lowest BCUT2D eigenvalue weighted by atomic mass is 9.64. The van der Waals surface area contributed by atoms with Gasteiger partial charge < -0.3 is 15.0 Å². The van der Waals surface area contributed by atoms with Crippen molar-refractivity contribution < 1.29 is 14.3 Å². The number of benzene rings is 3. The Balaban J connectivity index is 1.72. The van der Waals surface area contributed by atoms with Crippen LogP contribution in [0.2, 0.25) is 0 Å². The van der Waals surface area contributed by atoms with Crippen LogP contribution >= 0.6 is 11.3 Å². The van der Waals surface area contributed by atoms with Gasteiger partial charge in [-0.3, -0.25) is 9.59 Å². The van der Waals surface area contributed by atoms with Gasteiger partial charge in [0.2, 0.25) is 5.91 Å². The van der Waals surface area contributed by atoms with Crippen LogP contribution in [0.3, 0.4) is 0 Å². The van der Waals surface area contributed by atoms with Crippen LogP contribution in [-0.2, 0) is 27.9 Å². The zero-order valence-corrected chi connectivity index (χ0v) is 22.3. The SMILES string of the molecule is COCCCNC(=O)[C@@]1(Cc2ccccc2)c2ccccc2C(=O)N(Cc2ccccc2)C1c1cccs1. The summed E-state index contributed by atoms with van der Waals surface area (Å²) in [5.41, 5.74) is 2.40. The molecule has 1 N–H and O–H groups in total. The van der Waals surface area contributed by atoms with E-state index in [4.69, 9.17) is 4.74 Å². The fourth-order valence-corrected chi connectivity index (χ4v) is 6.47. The highest BCUT2D eigenvalue weighted by Crippen LogP contribution is 2.51. The van der Waals surface area contributed by atoms with Crippen molar-refractivity contribution in [1.29, 1.82) is 0 Å². The molecule has 0 bridgehead atoms. The third-order valence-electron chi connectivity index (χ3n) is 7.23. The minimum atomic E-state index is -1.03. The van der Waals surface area contributed by atoms with Crippen LogP contribution in [-0.4, -0.2) is 37.0 Å². The lowest BCUT2D eigenvalue weighted by molar-refractivity contribution is -0.130. The Hall–Kier alpha value is -3.74. The minimum absolute atomic E-state index is 0.0567. The van der Waals surface area contributed by atoms with E-state index in [0.29, 0.717) is 38.1 Å². The number of rotatable bonds is 10. The van der Waals surface area contributed by atoms with Gasteiger partial charge in [0.25, 0.3) is 5.91 Å². The molecule has 2 amide bonds. The van der Waals surface area contributed by atoms with Gasteiger partial charge in [-0.15, -0.1) is 11.3 Å². The first-order valence-corrected chi connectivity index (χ1v) is 13.8. The lowest BCUT2D eigenvalue weighted by Gasteiger charge is -2.49. The maximum atomic E-state index is 14.6. The van der Waals surface area contributed by atoms with Crippen LogP contribution in [0.25, 0.3) is 0 Å². The zero-order chi connectivity index (χ0) is 26.4. The molecule has 38 heavy (non-hydrogen) atoms. The van der Waals surface area contributed by atoms with Crippen molar-refractivity contribution >= 4 is 23.2 Å². The molecule has 0 fully saturated rings. The first-order chi connectivity index (χ1) is 18.6. The standard InChI is InChI=1S/C32H32N2O3S/c1-37-20-11-19-33-31(36)32(22-24-12-4-2-5-13-24)27-17-9-8-16-26(27)30(35)34(23-25-14-6-3-7-15-25)29(32)28-18-10-21-38-28/h2-10,12-18,21,29H,11,19-20,22-23H2,1H3,(H,33,36)/t29?,32-/m0/s1. The van der Waals surface area contributed by atoms with Crippen molar-refractivity contribution in [1.82, 2.24) is 10.2 Å². The molecule has 1 unspecified atom stereocenters. The number of carbonyl (C=O) groups is 2. The molecule has 194 valence electrons. The highest BCUT2D eigenvalue weighted by atomic mass is 32.1. The Morgan fingerprint density at radius 2 is 1.61 bits per heavy atom. The molecule has 5 nitrogen and oxygen atoms in total. The van der Waals surface area contributed by atoms with Crippen molar-refractivity contribution in [3.8, 4) is 0 Å². The van der Waals surface area contributed by atoms with Crippen molar-refractivity contribution in [2.45, 2.75) is 30.8 Å². The minimum Gasteiger partial charge on any atom is -0.385 e. The van der Waals surface area contributed by atoms with E-state index in [-0.39, 0.29) is 11.8 Å². The summed E-state index contributed by atoms with van der Waals surface area (Å²) >= 11 is 1.59. The Morgan fingerprint density at radius 3 is 2.29 bits per heavy atom. The summed E-state index contributed by atoms with van der Waals surface area (Å²) in [6.45, 7) is 1.47. The largest absolute Gasteiger partial charge is 0.385 e. The first kappa shape index (κ1) is 25.9. The first-order valence-electron chi connectivity index (χ1n) is 12.9. The number of nitrogens with zero attached hydrogens (tertiary/aromatic N) is 1. The van der Waals surface area contributed by atoms with Gasteiger partial charge in [0, 0.05) is 37.2 Å². The smallest absolute Gasteiger partial charge is 0.255 e. The maximum Gasteiger partial charge on any atom is 0.255 e. The number of amides is 2. The third kappa shape index (κ3) is 5.02. The third-order valence-corrected chi connectivity index (χ3v) is 8.15. The monoisotopic (exact) mass is 524 g/mol. The zero-order valence-electron chi connectivity index (χ0n) is 21.5. The number of ether oxygens (including phenoxy) is 1. The van der Waals surface area contributed by atoms with E-state index < -0.39 is 11.5 Å². The maximum absolute atomic E-state index is 14.6. The van der Waals surface area contributed by atoms with Crippen LogP contribution in [0.1, 0.15) is 44.4 Å². The van der Waals surface area contributed by atoms with Crippen LogP contribution in [0.5, 0.6) is 0 Å². The molecule has 5 rings (SSSR count). The molecule has 2 atom stereocenters. The molecule has 4 aromatic rings. The summed E-state index contributed by atoms with van der Waals surface area (Å²) in [7, 11) is 1.66. The van der Waals surface area contributed by atoms with Gasteiger partial charge in [-0.05, 0) is 47.0 Å². The Morgan fingerprint density at radius 1 is 0.921 bits per heavy atom. The van der Waals surface area contributed by atoms with Gasteiger partial charge in [-0.25, -0.2) is 0 Å². The van der Waals surface area contributed by atoms with E-state index in [1.165, 1.54) is 0 Å². The van der Waals surface area contributed by atoms with E-state index in [2.05, 4.69) is 17.4 Å². The van der Waals surface area contributed by atoms with Crippen LogP contribution in [0.15, 0.2) is 102 Å². The lowest BCUT2D eigenvalue weighted by Crippen LogP contribution is -2.59. The van der Waals surface area contributed by atoms with Gasteiger partial charge in [0.1, 0.15) is 5.41 Å². The second-order valence-corrected chi connectivity index (χ2v) is 10.6. The van der Waals surface area contributed by atoms with Gasteiger partial charge in [0.05, 0.1) is 6.04 Å². The van der Waals surface area contributed by atoms with E-state index in [1.807, 2.05) is 95.2 Å². The summed E-state index contributed by atoms with van der Waals surface area (Å²) in [6, 6.07) is 31.3. The highest BCUT2D eigenvalue weighted by molar-refractivity contribution is 7.10. The average Bonchev–Trinajstić information content (AvgIpc) is 3.49. The molecule has 0 spiro atoms.